The summed E-state index contributed by atoms with van der Waals surface area (Å²) in [7, 11) is 0. The van der Waals surface area contributed by atoms with Crippen molar-refractivity contribution in [2.75, 3.05) is 6.61 Å². The number of benzene rings is 2. The van der Waals surface area contributed by atoms with Gasteiger partial charge in [0.15, 0.2) is 0 Å². The molecule has 0 spiro atoms. The molecule has 0 saturated carbocycles. The summed E-state index contributed by atoms with van der Waals surface area (Å²) in [6.07, 6.45) is 0.903. The standard InChI is InChI=1S/C21H22O3/c1-11-6-15-9-16-10-24-21(23)20(16)19(17(15)8-12(11)2)14-4-5-18(22)13(3)7-14/h4-8,16,19-20,22H,9-10H2,1-3H3. The van der Waals surface area contributed by atoms with Crippen LogP contribution in [0.5, 0.6) is 5.75 Å². The molecule has 1 heterocycles. The van der Waals surface area contributed by atoms with Crippen molar-refractivity contribution in [3.05, 3.63) is 63.7 Å². The average Bonchev–Trinajstić information content (AvgIpc) is 2.90. The molecule has 3 unspecified atom stereocenters. The number of carbonyl (C=O) groups excluding carboxylic acids is 1. The molecule has 2 aromatic rings. The maximum atomic E-state index is 12.4. The van der Waals surface area contributed by atoms with Crippen molar-refractivity contribution in [2.24, 2.45) is 11.8 Å². The first-order valence-electron chi connectivity index (χ1n) is 8.52. The summed E-state index contributed by atoms with van der Waals surface area (Å²) < 4.78 is 5.41. The van der Waals surface area contributed by atoms with Gasteiger partial charge in [-0.25, -0.2) is 0 Å². The highest BCUT2D eigenvalue weighted by Crippen LogP contribution is 2.48. The minimum Gasteiger partial charge on any atom is -0.508 e. The Kier molecular flexibility index (Phi) is 3.41. The zero-order valence-electron chi connectivity index (χ0n) is 14.3. The number of cyclic esters (lactones) is 1. The first kappa shape index (κ1) is 15.3. The van der Waals surface area contributed by atoms with Gasteiger partial charge in [-0.2, -0.15) is 0 Å². The Morgan fingerprint density at radius 1 is 1.04 bits per heavy atom. The molecule has 124 valence electrons. The minimum atomic E-state index is -0.122. The maximum absolute atomic E-state index is 12.4. The third kappa shape index (κ3) is 2.22. The predicted molar refractivity (Wildman–Crippen MR) is 92.2 cm³/mol. The Morgan fingerprint density at radius 3 is 2.54 bits per heavy atom. The number of carbonyl (C=O) groups is 1. The van der Waals surface area contributed by atoms with E-state index in [0.29, 0.717) is 12.4 Å². The van der Waals surface area contributed by atoms with Gasteiger partial charge < -0.3 is 9.84 Å². The van der Waals surface area contributed by atoms with Gasteiger partial charge in [0, 0.05) is 11.8 Å². The van der Waals surface area contributed by atoms with Crippen molar-refractivity contribution < 1.29 is 14.6 Å². The topological polar surface area (TPSA) is 46.5 Å². The molecule has 0 amide bonds. The zero-order chi connectivity index (χ0) is 17.0. The Labute approximate surface area is 142 Å². The molecule has 0 aromatic heterocycles. The van der Waals surface area contributed by atoms with Gasteiger partial charge in [0.1, 0.15) is 5.75 Å². The van der Waals surface area contributed by atoms with Crippen LogP contribution in [-0.4, -0.2) is 17.7 Å². The van der Waals surface area contributed by atoms with Gasteiger partial charge in [-0.05, 0) is 66.6 Å². The van der Waals surface area contributed by atoms with Gasteiger partial charge in [0.2, 0.25) is 0 Å². The monoisotopic (exact) mass is 322 g/mol. The first-order valence-corrected chi connectivity index (χ1v) is 8.52. The Morgan fingerprint density at radius 2 is 1.79 bits per heavy atom. The summed E-state index contributed by atoms with van der Waals surface area (Å²) in [5.74, 6) is 0.335. The lowest BCUT2D eigenvalue weighted by Crippen LogP contribution is -2.31. The van der Waals surface area contributed by atoms with Crippen LogP contribution in [0.25, 0.3) is 0 Å². The van der Waals surface area contributed by atoms with Gasteiger partial charge in [-0.1, -0.05) is 24.3 Å². The first-order chi connectivity index (χ1) is 11.5. The molecular formula is C21H22O3. The molecule has 0 bridgehead atoms. The van der Waals surface area contributed by atoms with Crippen LogP contribution in [0.4, 0.5) is 0 Å². The van der Waals surface area contributed by atoms with Crippen LogP contribution in [0.3, 0.4) is 0 Å². The molecule has 1 saturated heterocycles. The van der Waals surface area contributed by atoms with Crippen LogP contribution in [0.2, 0.25) is 0 Å². The third-order valence-electron chi connectivity index (χ3n) is 5.73. The van der Waals surface area contributed by atoms with Crippen molar-refractivity contribution in [3.63, 3.8) is 0 Å². The lowest BCUT2D eigenvalue weighted by molar-refractivity contribution is -0.141. The molecule has 1 fully saturated rings. The molecule has 1 N–H and O–H groups in total. The van der Waals surface area contributed by atoms with E-state index in [2.05, 4.69) is 26.0 Å². The number of rotatable bonds is 1. The maximum Gasteiger partial charge on any atom is 0.310 e. The molecule has 1 aliphatic heterocycles. The molecule has 0 radical (unpaired) electrons. The summed E-state index contributed by atoms with van der Waals surface area (Å²) in [5, 5.41) is 9.87. The number of ether oxygens (including phenoxy) is 1. The second-order valence-electron chi connectivity index (χ2n) is 7.28. The molecule has 2 aromatic carbocycles. The second-order valence-corrected chi connectivity index (χ2v) is 7.28. The Balaban J connectivity index is 1.92. The number of aryl methyl sites for hydroxylation is 3. The molecule has 3 atom stereocenters. The van der Waals surface area contributed by atoms with E-state index < -0.39 is 0 Å². The summed E-state index contributed by atoms with van der Waals surface area (Å²) in [6, 6.07) is 10.2. The van der Waals surface area contributed by atoms with Gasteiger partial charge in [0.05, 0.1) is 12.5 Å². The Hall–Kier alpha value is -2.29. The van der Waals surface area contributed by atoms with Crippen molar-refractivity contribution in [1.29, 1.82) is 0 Å². The van der Waals surface area contributed by atoms with Crippen LogP contribution in [0, 0.1) is 32.6 Å². The van der Waals surface area contributed by atoms with E-state index in [9.17, 15) is 9.90 Å². The molecule has 2 aliphatic rings. The highest BCUT2D eigenvalue weighted by atomic mass is 16.5. The number of phenols is 1. The van der Waals surface area contributed by atoms with E-state index in [1.54, 1.807) is 6.07 Å². The van der Waals surface area contributed by atoms with E-state index in [1.807, 2.05) is 19.1 Å². The van der Waals surface area contributed by atoms with Gasteiger partial charge >= 0.3 is 5.97 Å². The highest BCUT2D eigenvalue weighted by molar-refractivity contribution is 5.78. The molecule has 24 heavy (non-hydrogen) atoms. The van der Waals surface area contributed by atoms with Crippen molar-refractivity contribution in [1.82, 2.24) is 0 Å². The number of aromatic hydroxyl groups is 1. The fourth-order valence-electron chi connectivity index (χ4n) is 4.28. The van der Waals surface area contributed by atoms with E-state index in [4.69, 9.17) is 4.74 Å². The summed E-state index contributed by atoms with van der Waals surface area (Å²) in [6.45, 7) is 6.67. The zero-order valence-corrected chi connectivity index (χ0v) is 14.3. The molecule has 4 rings (SSSR count). The summed E-state index contributed by atoms with van der Waals surface area (Å²) in [5.41, 5.74) is 7.03. The lowest BCUT2D eigenvalue weighted by atomic mass is 9.67. The molecular weight excluding hydrogens is 300 g/mol. The van der Waals surface area contributed by atoms with Gasteiger partial charge in [-0.15, -0.1) is 0 Å². The second kappa shape index (κ2) is 5.37. The average molecular weight is 322 g/mol. The summed E-state index contributed by atoms with van der Waals surface area (Å²) in [4.78, 5) is 12.4. The number of esters is 1. The normalized spacial score (nSPS) is 25.1. The fraction of sp³-hybridized carbons (Fsp3) is 0.381. The van der Waals surface area contributed by atoms with Crippen LogP contribution in [-0.2, 0) is 16.0 Å². The van der Waals surface area contributed by atoms with Crippen molar-refractivity contribution in [3.8, 4) is 5.75 Å². The van der Waals surface area contributed by atoms with E-state index in [-0.39, 0.29) is 23.7 Å². The Bertz CT molecular complexity index is 837. The van der Waals surface area contributed by atoms with Gasteiger partial charge in [0.25, 0.3) is 0 Å². The van der Waals surface area contributed by atoms with Crippen molar-refractivity contribution >= 4 is 5.97 Å². The SMILES string of the molecule is Cc1cc2c(cc1C)C(c1ccc(O)c(C)c1)C1C(=O)OCC1C2. The third-order valence-corrected chi connectivity index (χ3v) is 5.73. The minimum absolute atomic E-state index is 0.00681. The van der Waals surface area contributed by atoms with E-state index in [1.165, 1.54) is 22.3 Å². The smallest absolute Gasteiger partial charge is 0.310 e. The van der Waals surface area contributed by atoms with Gasteiger partial charge in [-0.3, -0.25) is 4.79 Å². The molecule has 3 nitrogen and oxygen atoms in total. The van der Waals surface area contributed by atoms with Crippen LogP contribution >= 0.6 is 0 Å². The summed E-state index contributed by atoms with van der Waals surface area (Å²) >= 11 is 0. The largest absolute Gasteiger partial charge is 0.508 e. The predicted octanol–water partition coefficient (Wildman–Crippen LogP) is 3.79. The van der Waals surface area contributed by atoms with Crippen LogP contribution in [0.15, 0.2) is 30.3 Å². The van der Waals surface area contributed by atoms with Crippen molar-refractivity contribution in [2.45, 2.75) is 33.1 Å². The van der Waals surface area contributed by atoms with E-state index in [0.717, 1.165) is 17.5 Å². The molecule has 3 heteroatoms. The quantitative estimate of drug-likeness (QED) is 0.813. The number of hydrogen-bond donors (Lipinski definition) is 1. The van der Waals surface area contributed by atoms with Crippen LogP contribution in [0.1, 0.15) is 39.3 Å². The molecule has 1 aliphatic carbocycles. The van der Waals surface area contributed by atoms with Crippen LogP contribution < -0.4 is 0 Å². The fourth-order valence-corrected chi connectivity index (χ4v) is 4.28. The number of fused-ring (bicyclic) bond motifs is 2. The van der Waals surface area contributed by atoms with E-state index >= 15 is 0 Å². The lowest BCUT2D eigenvalue weighted by Gasteiger charge is -2.34. The number of phenolic OH excluding ortho intramolecular Hbond substituents is 1. The number of hydrogen-bond acceptors (Lipinski definition) is 3. The highest BCUT2D eigenvalue weighted by Gasteiger charge is 2.47.